The van der Waals surface area contributed by atoms with Crippen LogP contribution in [-0.4, -0.2) is 77.9 Å². The largest absolute Gasteiger partial charge is 0.457 e. The van der Waals surface area contributed by atoms with Crippen molar-refractivity contribution in [3.05, 3.63) is 124 Å². The number of fused-ring (bicyclic) bond motifs is 1. The lowest BCUT2D eigenvalue weighted by Gasteiger charge is -2.36. The molecule has 1 atom stereocenters. The topological polar surface area (TPSA) is 140 Å². The molecule has 0 aliphatic carbocycles. The first-order valence-electron chi connectivity index (χ1n) is 18.2. The molecule has 268 valence electrons. The molecule has 12 heteroatoms. The van der Waals surface area contributed by atoms with Gasteiger partial charge in [0.1, 0.15) is 29.3 Å². The lowest BCUT2D eigenvalue weighted by Crippen LogP contribution is -2.43. The number of piperidine rings is 1. The van der Waals surface area contributed by atoms with Gasteiger partial charge in [0.2, 0.25) is 0 Å². The third-order valence-electron chi connectivity index (χ3n) is 10.2. The Morgan fingerprint density at radius 1 is 0.849 bits per heavy atom. The Morgan fingerprint density at radius 3 is 2.38 bits per heavy atom. The Kier molecular flexibility index (Phi) is 9.83. The number of benzene rings is 3. The summed E-state index contributed by atoms with van der Waals surface area (Å²) in [5.74, 6) is 8.52. The van der Waals surface area contributed by atoms with Crippen LogP contribution in [0.2, 0.25) is 0 Å². The molecule has 1 unspecified atom stereocenters. The summed E-state index contributed by atoms with van der Waals surface area (Å²) in [7, 11) is 0. The molecule has 2 saturated heterocycles. The number of nitrogens with two attached hydrogens (primary N) is 1. The summed E-state index contributed by atoms with van der Waals surface area (Å²) < 4.78 is 9.48. The van der Waals surface area contributed by atoms with E-state index in [2.05, 4.69) is 41.3 Å². The Morgan fingerprint density at radius 2 is 1.60 bits per heavy atom. The van der Waals surface area contributed by atoms with Gasteiger partial charge < -0.3 is 15.4 Å². The third-order valence-corrected chi connectivity index (χ3v) is 10.2. The molecule has 12 nitrogen and oxygen atoms in total. The van der Waals surface area contributed by atoms with Crippen molar-refractivity contribution in [3.8, 4) is 40.3 Å². The van der Waals surface area contributed by atoms with E-state index in [0.29, 0.717) is 17.5 Å². The molecule has 3 aromatic heterocycles. The van der Waals surface area contributed by atoms with Gasteiger partial charge in [0, 0.05) is 55.5 Å². The molecule has 2 fully saturated rings. The summed E-state index contributed by atoms with van der Waals surface area (Å²) in [4.78, 5) is 39.9. The predicted molar refractivity (Wildman–Crippen MR) is 205 cm³/mol. The van der Waals surface area contributed by atoms with Crippen molar-refractivity contribution in [1.82, 2.24) is 39.1 Å². The Hall–Kier alpha value is -6.03. The highest BCUT2D eigenvalue weighted by Crippen LogP contribution is 2.36. The summed E-state index contributed by atoms with van der Waals surface area (Å²) in [6, 6.07) is 27.3. The van der Waals surface area contributed by atoms with Crippen molar-refractivity contribution in [2.24, 2.45) is 0 Å². The van der Waals surface area contributed by atoms with Gasteiger partial charge in [-0.3, -0.25) is 19.2 Å². The average Bonchev–Trinajstić information content (AvgIpc) is 3.82. The highest BCUT2D eigenvalue weighted by Gasteiger charge is 2.32. The van der Waals surface area contributed by atoms with E-state index in [9.17, 15) is 9.59 Å². The minimum absolute atomic E-state index is 0.233. The fourth-order valence-corrected chi connectivity index (χ4v) is 7.45. The molecule has 2 aliphatic rings. The molecule has 3 N–H and O–H groups in total. The standard InChI is InChI=1S/C41H41N9O3/c42-39-37-38(30-12-16-35(17-13-30)53-34-8-4-1-5-9-34)46-50(40(37)44-28-43-39)32-19-24-48(25-20-32)33-18-23-47(27-33)22-6-2-3-7-29-10-14-31(15-11-29)49-26-21-36(51)45-41(49)52/h1,4-5,8-17,21,26,28,32-33H,2,6,18-20,22-25,27H2,(H2,42,43,44)(H,45,51,52). The van der Waals surface area contributed by atoms with Crippen molar-refractivity contribution >= 4 is 16.9 Å². The Labute approximate surface area is 306 Å². The van der Waals surface area contributed by atoms with Crippen LogP contribution < -0.4 is 21.7 Å². The molecule has 0 bridgehead atoms. The highest BCUT2D eigenvalue weighted by molar-refractivity contribution is 5.98. The van der Waals surface area contributed by atoms with Crippen molar-refractivity contribution in [2.75, 3.05) is 38.5 Å². The summed E-state index contributed by atoms with van der Waals surface area (Å²) in [6.45, 7) is 5.28. The van der Waals surface area contributed by atoms with Gasteiger partial charge in [0.05, 0.1) is 17.1 Å². The van der Waals surface area contributed by atoms with Crippen LogP contribution in [-0.2, 0) is 0 Å². The second-order valence-corrected chi connectivity index (χ2v) is 13.6. The second-order valence-electron chi connectivity index (χ2n) is 13.6. The van der Waals surface area contributed by atoms with Crippen LogP contribution in [0.15, 0.2) is 107 Å². The van der Waals surface area contributed by atoms with Gasteiger partial charge in [-0.25, -0.2) is 19.4 Å². The van der Waals surface area contributed by atoms with E-state index in [1.54, 1.807) is 0 Å². The number of likely N-dealkylation sites (tertiary alicyclic amines) is 2. The lowest BCUT2D eigenvalue weighted by atomic mass is 10.0. The zero-order valence-corrected chi connectivity index (χ0v) is 29.4. The fraction of sp³-hybridized carbons (Fsp3) is 0.293. The predicted octanol–water partition coefficient (Wildman–Crippen LogP) is 5.25. The average molecular weight is 708 g/mol. The monoisotopic (exact) mass is 707 g/mol. The van der Waals surface area contributed by atoms with Crippen LogP contribution in [0, 0.1) is 11.8 Å². The van der Waals surface area contributed by atoms with E-state index >= 15 is 0 Å². The molecule has 53 heavy (non-hydrogen) atoms. The molecule has 0 saturated carbocycles. The zero-order chi connectivity index (χ0) is 36.1. The molecular weight excluding hydrogens is 667 g/mol. The van der Waals surface area contributed by atoms with Crippen LogP contribution in [0.1, 0.15) is 43.7 Å². The van der Waals surface area contributed by atoms with Gasteiger partial charge in [0.15, 0.2) is 5.65 Å². The third kappa shape index (κ3) is 7.62. The van der Waals surface area contributed by atoms with Gasteiger partial charge in [-0.05, 0) is 99.4 Å². The number of para-hydroxylation sites is 1. The smallest absolute Gasteiger partial charge is 0.332 e. The fourth-order valence-electron chi connectivity index (χ4n) is 7.45. The zero-order valence-electron chi connectivity index (χ0n) is 29.4. The molecule has 2 aliphatic heterocycles. The number of nitrogen functional groups attached to an aromatic ring is 1. The first kappa shape index (κ1) is 34.1. The Bertz CT molecular complexity index is 2370. The van der Waals surface area contributed by atoms with Crippen LogP contribution in [0.5, 0.6) is 11.5 Å². The lowest BCUT2D eigenvalue weighted by molar-refractivity contribution is 0.132. The van der Waals surface area contributed by atoms with E-state index in [0.717, 1.165) is 97.8 Å². The summed E-state index contributed by atoms with van der Waals surface area (Å²) in [6.07, 6.45) is 8.04. The maximum absolute atomic E-state index is 12.0. The number of hydrogen-bond acceptors (Lipinski definition) is 9. The maximum atomic E-state index is 12.0. The molecule has 5 heterocycles. The number of hydrogen-bond donors (Lipinski definition) is 2. The van der Waals surface area contributed by atoms with Crippen molar-refractivity contribution in [3.63, 3.8) is 0 Å². The molecular formula is C41H41N9O3. The normalized spacial score (nSPS) is 16.8. The maximum Gasteiger partial charge on any atom is 0.332 e. The van der Waals surface area contributed by atoms with Gasteiger partial charge in [-0.15, -0.1) is 0 Å². The number of aromatic nitrogens is 6. The first-order chi connectivity index (χ1) is 26.0. The first-order valence-corrected chi connectivity index (χ1v) is 18.2. The van der Waals surface area contributed by atoms with Crippen LogP contribution in [0.4, 0.5) is 5.82 Å². The Balaban J connectivity index is 0.832. The van der Waals surface area contributed by atoms with E-state index in [4.69, 9.17) is 15.6 Å². The highest BCUT2D eigenvalue weighted by atomic mass is 16.5. The molecule has 6 aromatic rings. The number of nitrogens with zero attached hydrogens (tertiary/aromatic N) is 7. The summed E-state index contributed by atoms with van der Waals surface area (Å²) >= 11 is 0. The molecule has 3 aromatic carbocycles. The molecule has 0 amide bonds. The molecule has 0 spiro atoms. The second kappa shape index (κ2) is 15.3. The van der Waals surface area contributed by atoms with Crippen molar-refractivity contribution < 1.29 is 4.74 Å². The molecule has 0 radical (unpaired) electrons. The van der Waals surface area contributed by atoms with E-state index in [1.807, 2.05) is 78.9 Å². The number of anilines is 1. The SMILES string of the molecule is Nc1ncnc2c1c(-c1ccc(Oc3ccccc3)cc1)nn2C1CCN(C2CCN(CCCC#Cc3ccc(-n4ccc(=O)[nH]c4=O)cc3)C2)CC1. The summed E-state index contributed by atoms with van der Waals surface area (Å²) in [5.41, 5.74) is 9.66. The number of rotatable bonds is 9. The number of nitrogens with one attached hydrogen (secondary N) is 1. The summed E-state index contributed by atoms with van der Waals surface area (Å²) in [5, 5.41) is 5.91. The minimum Gasteiger partial charge on any atom is -0.457 e. The van der Waals surface area contributed by atoms with Crippen LogP contribution in [0.25, 0.3) is 28.0 Å². The van der Waals surface area contributed by atoms with E-state index < -0.39 is 11.2 Å². The minimum atomic E-state index is -0.461. The van der Waals surface area contributed by atoms with Gasteiger partial charge in [0.25, 0.3) is 5.56 Å². The number of unbranched alkanes of at least 4 members (excludes halogenated alkanes) is 1. The van der Waals surface area contributed by atoms with Crippen LogP contribution >= 0.6 is 0 Å². The van der Waals surface area contributed by atoms with Gasteiger partial charge >= 0.3 is 5.69 Å². The van der Waals surface area contributed by atoms with Crippen molar-refractivity contribution in [1.29, 1.82) is 0 Å². The van der Waals surface area contributed by atoms with Gasteiger partial charge in [-0.2, -0.15) is 5.10 Å². The number of aromatic amines is 1. The van der Waals surface area contributed by atoms with Crippen LogP contribution in [0.3, 0.4) is 0 Å². The van der Waals surface area contributed by atoms with Gasteiger partial charge in [-0.1, -0.05) is 30.0 Å². The van der Waals surface area contributed by atoms with E-state index in [1.165, 1.54) is 29.6 Å². The number of ether oxygens (including phenoxy) is 1. The quantitative estimate of drug-likeness (QED) is 0.152. The van der Waals surface area contributed by atoms with Crippen molar-refractivity contribution in [2.45, 2.75) is 44.2 Å². The molecule has 8 rings (SSSR count). The van der Waals surface area contributed by atoms with E-state index in [-0.39, 0.29) is 6.04 Å². The number of H-pyrrole nitrogens is 1.